The Bertz CT molecular complexity index is 1930. The Kier molecular flexibility index (Phi) is 8.48. The van der Waals surface area contributed by atoms with E-state index in [1.165, 1.54) is 12.1 Å². The Hall–Kier alpha value is -4.64. The van der Waals surface area contributed by atoms with Crippen molar-refractivity contribution in [3.05, 3.63) is 82.5 Å². The molecule has 1 aliphatic heterocycles. The van der Waals surface area contributed by atoms with Gasteiger partial charge in [0.15, 0.2) is 17.2 Å². The minimum Gasteiger partial charge on any atom is -0.490 e. The van der Waals surface area contributed by atoms with Crippen LogP contribution in [0.25, 0.3) is 11.2 Å². The average Bonchev–Trinajstić information content (AvgIpc) is 3.71. The van der Waals surface area contributed by atoms with Crippen LogP contribution in [0.5, 0.6) is 11.5 Å². The van der Waals surface area contributed by atoms with Gasteiger partial charge in [-0.05, 0) is 73.7 Å². The van der Waals surface area contributed by atoms with Crippen molar-refractivity contribution in [2.24, 2.45) is 11.3 Å². The molecule has 7 rings (SSSR count). The zero-order valence-corrected chi connectivity index (χ0v) is 26.4. The van der Waals surface area contributed by atoms with Gasteiger partial charge in [0.2, 0.25) is 0 Å². The van der Waals surface area contributed by atoms with Gasteiger partial charge in [-0.15, -0.1) is 0 Å². The van der Waals surface area contributed by atoms with E-state index in [1.807, 2.05) is 36.4 Å². The van der Waals surface area contributed by atoms with E-state index < -0.39 is 23.6 Å². The molecule has 2 aliphatic carbocycles. The quantitative estimate of drug-likeness (QED) is 0.176. The van der Waals surface area contributed by atoms with Crippen LogP contribution < -0.4 is 9.47 Å². The van der Waals surface area contributed by atoms with Crippen molar-refractivity contribution >= 4 is 28.7 Å². The van der Waals surface area contributed by atoms with E-state index in [4.69, 9.17) is 31.0 Å². The van der Waals surface area contributed by atoms with E-state index in [-0.39, 0.29) is 23.9 Å². The monoisotopic (exact) mass is 653 g/mol. The highest BCUT2D eigenvalue weighted by molar-refractivity contribution is 6.30. The number of likely N-dealkylation sites (tertiary alicyclic amines) is 1. The first-order chi connectivity index (χ1) is 22.8. The first-order valence-corrected chi connectivity index (χ1v) is 16.2. The maximum atomic E-state index is 14.1. The van der Waals surface area contributed by atoms with E-state index in [0.717, 1.165) is 67.1 Å². The van der Waals surface area contributed by atoms with Crippen LogP contribution in [0.2, 0.25) is 5.02 Å². The number of nitriles is 1. The lowest BCUT2D eigenvalue weighted by Crippen LogP contribution is -2.38. The summed E-state index contributed by atoms with van der Waals surface area (Å²) in [7, 11) is 0. The summed E-state index contributed by atoms with van der Waals surface area (Å²) in [4.78, 5) is 23.9. The number of piperidine rings is 1. The van der Waals surface area contributed by atoms with E-state index in [0.29, 0.717) is 30.2 Å². The van der Waals surface area contributed by atoms with Crippen molar-refractivity contribution in [2.75, 3.05) is 13.1 Å². The first-order valence-electron chi connectivity index (χ1n) is 15.8. The highest BCUT2D eigenvalue weighted by atomic mass is 35.5. The van der Waals surface area contributed by atoms with Crippen molar-refractivity contribution in [3.8, 4) is 29.4 Å². The highest BCUT2D eigenvalue weighted by Crippen LogP contribution is 2.50. The van der Waals surface area contributed by atoms with Crippen LogP contribution in [0.1, 0.15) is 55.1 Å². The van der Waals surface area contributed by atoms with Gasteiger partial charge in [0.05, 0.1) is 24.2 Å². The van der Waals surface area contributed by atoms with Crippen molar-refractivity contribution in [1.29, 1.82) is 5.26 Å². The lowest BCUT2D eigenvalue weighted by molar-refractivity contribution is -0.140. The number of nitrogens with zero attached hydrogens (tertiary/aromatic N) is 5. The number of hydrogen-bond donors (Lipinski definition) is 1. The van der Waals surface area contributed by atoms with Crippen molar-refractivity contribution in [2.45, 2.75) is 63.8 Å². The second kappa shape index (κ2) is 12.9. The summed E-state index contributed by atoms with van der Waals surface area (Å²) >= 11 is 5.84. The van der Waals surface area contributed by atoms with Gasteiger partial charge < -0.3 is 19.1 Å². The summed E-state index contributed by atoms with van der Waals surface area (Å²) in [6.45, 7) is 3.15. The van der Waals surface area contributed by atoms with Gasteiger partial charge >= 0.3 is 5.97 Å². The molecule has 2 aromatic heterocycles. The fraction of sp³-hybridized carbons (Fsp3) is 0.389. The lowest BCUT2D eigenvalue weighted by Gasteiger charge is -2.32. The Morgan fingerprint density at radius 2 is 1.96 bits per heavy atom. The number of halogens is 2. The molecule has 2 atom stereocenters. The Balaban J connectivity index is 1.01. The number of aliphatic carboxylic acids is 1. The number of carbonyl (C=O) groups is 1. The standard InChI is InChI=1S/C36H33ClFN5O4/c37-24-4-9-32(29(38)19-24)46-21-23-2-1-3-26(18-23)47-25-10-16-42(17-11-25)20-33-40-31-8-7-30(27-5-6-28(27)35(44)45)41-34(31)43(33)22-36(12-13-36)14-15-39/h1-4,7-9,18-19,25,27-28H,10-14,16-17,20-22H2,(H,44,45). The number of ether oxygens (including phenoxy) is 2. The summed E-state index contributed by atoms with van der Waals surface area (Å²) < 4.78 is 28.3. The van der Waals surface area contributed by atoms with Gasteiger partial charge in [0, 0.05) is 36.5 Å². The van der Waals surface area contributed by atoms with Gasteiger partial charge in [-0.3, -0.25) is 9.69 Å². The Labute approximate surface area is 276 Å². The number of fused-ring (bicyclic) bond motifs is 1. The molecule has 0 bridgehead atoms. The maximum Gasteiger partial charge on any atom is 0.320 e. The van der Waals surface area contributed by atoms with Crippen LogP contribution in [0, 0.1) is 40.3 Å². The minimum absolute atomic E-state index is 0.0512. The van der Waals surface area contributed by atoms with Crippen LogP contribution >= 0.6 is 11.6 Å². The predicted molar refractivity (Wildman–Crippen MR) is 172 cm³/mol. The first kappa shape index (κ1) is 31.0. The lowest BCUT2D eigenvalue weighted by atomic mass is 9.83. The molecule has 3 aliphatic rings. The predicted octanol–water partition coefficient (Wildman–Crippen LogP) is 6.34. The van der Waals surface area contributed by atoms with Gasteiger partial charge in [-0.2, -0.15) is 5.26 Å². The molecule has 2 unspecified atom stereocenters. The molecule has 240 valence electrons. The molecule has 47 heavy (non-hydrogen) atoms. The third-order valence-electron chi connectivity index (χ3n) is 9.30. The third kappa shape index (κ3) is 6.76. The number of aromatic nitrogens is 3. The number of rotatable bonds is 12. The molecule has 1 saturated heterocycles. The zero-order valence-electron chi connectivity index (χ0n) is 25.7. The average molecular weight is 654 g/mol. The second-order valence-corrected chi connectivity index (χ2v) is 13.2. The van der Waals surface area contributed by atoms with E-state index in [1.54, 1.807) is 6.07 Å². The van der Waals surface area contributed by atoms with Gasteiger partial charge in [0.1, 0.15) is 35.7 Å². The number of pyridine rings is 1. The molecule has 0 spiro atoms. The largest absolute Gasteiger partial charge is 0.490 e. The SMILES string of the molecule is N#CCC1(Cn2c(CN3CCC(Oc4cccc(COc5ccc(Cl)cc5F)c4)CC3)nc3ccc(C4C#CC4C(=O)O)nc32)CC1. The fourth-order valence-corrected chi connectivity index (χ4v) is 6.49. The number of carboxylic acids is 1. The van der Waals surface area contributed by atoms with Crippen LogP contribution in [0.15, 0.2) is 54.6 Å². The molecule has 11 heteroatoms. The van der Waals surface area contributed by atoms with Crippen molar-refractivity contribution < 1.29 is 23.8 Å². The molecule has 0 radical (unpaired) electrons. The van der Waals surface area contributed by atoms with Crippen LogP contribution in [-0.4, -0.2) is 49.7 Å². The maximum absolute atomic E-state index is 14.1. The normalized spacial score (nSPS) is 20.1. The number of carboxylic acid groups (broad SMARTS) is 1. The molecule has 3 heterocycles. The molecule has 9 nitrogen and oxygen atoms in total. The minimum atomic E-state index is -0.934. The van der Waals surface area contributed by atoms with Crippen LogP contribution in [0.4, 0.5) is 4.39 Å². The molecule has 4 aromatic rings. The molecule has 2 fully saturated rings. The summed E-state index contributed by atoms with van der Waals surface area (Å²) in [5, 5.41) is 19.3. The van der Waals surface area contributed by atoms with Gasteiger partial charge in [-0.25, -0.2) is 14.4 Å². The second-order valence-electron chi connectivity index (χ2n) is 12.7. The molecule has 2 aromatic carbocycles. The van der Waals surface area contributed by atoms with Crippen molar-refractivity contribution in [1.82, 2.24) is 19.4 Å². The molecular weight excluding hydrogens is 621 g/mol. The fourth-order valence-electron chi connectivity index (χ4n) is 6.33. The Morgan fingerprint density at radius 1 is 1.13 bits per heavy atom. The molecule has 1 saturated carbocycles. The zero-order chi connectivity index (χ0) is 32.5. The molecule has 1 N–H and O–H groups in total. The topological polar surface area (TPSA) is 114 Å². The summed E-state index contributed by atoms with van der Waals surface area (Å²) in [5.74, 6) is 4.87. The number of benzene rings is 2. The highest BCUT2D eigenvalue weighted by Gasteiger charge is 2.44. The number of hydrogen-bond acceptors (Lipinski definition) is 7. The Morgan fingerprint density at radius 3 is 2.66 bits per heavy atom. The van der Waals surface area contributed by atoms with Gasteiger partial charge in [-0.1, -0.05) is 35.6 Å². The van der Waals surface area contributed by atoms with E-state index in [2.05, 4.69) is 27.4 Å². The summed E-state index contributed by atoms with van der Waals surface area (Å²) in [6.07, 6.45) is 4.19. The van der Waals surface area contributed by atoms with Crippen LogP contribution in [0.3, 0.4) is 0 Å². The van der Waals surface area contributed by atoms with Crippen molar-refractivity contribution in [3.63, 3.8) is 0 Å². The van der Waals surface area contributed by atoms with E-state index >= 15 is 0 Å². The van der Waals surface area contributed by atoms with Gasteiger partial charge in [0.25, 0.3) is 0 Å². The van der Waals surface area contributed by atoms with E-state index in [9.17, 15) is 19.6 Å². The molecule has 0 amide bonds. The number of imidazole rings is 1. The van der Waals surface area contributed by atoms with Crippen LogP contribution in [-0.2, 0) is 24.5 Å². The smallest absolute Gasteiger partial charge is 0.320 e. The summed E-state index contributed by atoms with van der Waals surface area (Å²) in [5.41, 5.74) is 2.93. The summed E-state index contributed by atoms with van der Waals surface area (Å²) in [6, 6.07) is 18.1. The molecular formula is C36H33ClFN5O4. The third-order valence-corrected chi connectivity index (χ3v) is 9.53.